The van der Waals surface area contributed by atoms with Crippen molar-refractivity contribution in [3.63, 3.8) is 0 Å². The van der Waals surface area contributed by atoms with Gasteiger partial charge in [0.15, 0.2) is 11.5 Å². The summed E-state index contributed by atoms with van der Waals surface area (Å²) in [5.74, 6) is -0.744. The van der Waals surface area contributed by atoms with E-state index < -0.39 is 35.4 Å². The lowest BCUT2D eigenvalue weighted by Gasteiger charge is -2.32. The Labute approximate surface area is 273 Å². The number of hydrogen-bond donors (Lipinski definition) is 3. The second kappa shape index (κ2) is 14.8. The Morgan fingerprint density at radius 2 is 1.74 bits per heavy atom. The third-order valence-electron chi connectivity index (χ3n) is 7.67. The number of aryl methyl sites for hydroxylation is 1. The fourth-order valence-electron chi connectivity index (χ4n) is 5.33. The second-order valence-corrected chi connectivity index (χ2v) is 12.2. The van der Waals surface area contributed by atoms with E-state index in [0.29, 0.717) is 50.3 Å². The number of aliphatic hydroxyl groups is 1. The highest BCUT2D eigenvalue weighted by atomic mass is 35.5. The Balaban J connectivity index is 1.77. The molecule has 1 aliphatic rings. The average Bonchev–Trinajstić information content (AvgIpc) is 3.13. The molecule has 11 nitrogen and oxygen atoms in total. The number of nitrogens with one attached hydrogen (secondary N) is 1. The summed E-state index contributed by atoms with van der Waals surface area (Å²) in [6, 6.07) is 15.4. The van der Waals surface area contributed by atoms with Crippen molar-refractivity contribution in [1.29, 1.82) is 0 Å². The van der Waals surface area contributed by atoms with E-state index in [1.165, 1.54) is 26.2 Å². The molecule has 0 aromatic heterocycles. The van der Waals surface area contributed by atoms with Crippen LogP contribution in [0.2, 0.25) is 5.02 Å². The zero-order valence-corrected chi connectivity index (χ0v) is 27.2. The number of aliphatic carboxylic acids is 1. The Hall–Kier alpha value is -4.32. The fourth-order valence-corrected chi connectivity index (χ4v) is 5.52. The number of amides is 2. The summed E-state index contributed by atoms with van der Waals surface area (Å²) in [5, 5.41) is 22.4. The van der Waals surface area contributed by atoms with Gasteiger partial charge >= 0.3 is 5.97 Å². The van der Waals surface area contributed by atoms with E-state index in [1.807, 2.05) is 13.8 Å². The fraction of sp³-hybridized carbons (Fsp3) is 0.382. The first-order chi connectivity index (χ1) is 21.9. The third-order valence-corrected chi connectivity index (χ3v) is 7.91. The monoisotopic (exact) mass is 654 g/mol. The predicted octanol–water partition coefficient (Wildman–Crippen LogP) is 5.25. The van der Waals surface area contributed by atoms with Gasteiger partial charge in [0.25, 0.3) is 5.91 Å². The molecule has 0 fully saturated rings. The molecule has 4 rings (SSSR count). The predicted molar refractivity (Wildman–Crippen MR) is 173 cm³/mol. The van der Waals surface area contributed by atoms with Crippen LogP contribution in [0.3, 0.4) is 0 Å². The normalized spacial score (nSPS) is 16.3. The first-order valence-corrected chi connectivity index (χ1v) is 15.1. The summed E-state index contributed by atoms with van der Waals surface area (Å²) in [5.41, 5.74) is 1.96. The number of methoxy groups -OCH3 is 3. The number of rotatable bonds is 13. The van der Waals surface area contributed by atoms with Crippen LogP contribution < -0.4 is 24.4 Å². The SMILES string of the molecule is COc1ccc(CCC(=O)O)cc1NC(=O)C[C@H]1O[C@H](c2cccc(OC)c2OC)c2cc(Cl)ccc2N(CC(C)(C)CO)C1=O. The van der Waals surface area contributed by atoms with E-state index >= 15 is 0 Å². The summed E-state index contributed by atoms with van der Waals surface area (Å²) in [6.45, 7) is 3.59. The number of carboxylic acid groups (broad SMARTS) is 1. The minimum absolute atomic E-state index is 0.0795. The van der Waals surface area contributed by atoms with Crippen LogP contribution in [-0.4, -0.2) is 68.6 Å². The summed E-state index contributed by atoms with van der Waals surface area (Å²) in [4.78, 5) is 40.6. The van der Waals surface area contributed by atoms with Gasteiger partial charge in [-0.25, -0.2) is 0 Å². The van der Waals surface area contributed by atoms with Crippen LogP contribution in [0.5, 0.6) is 17.2 Å². The van der Waals surface area contributed by atoms with Gasteiger partial charge in [0, 0.05) is 46.8 Å². The lowest BCUT2D eigenvalue weighted by atomic mass is 9.92. The van der Waals surface area contributed by atoms with Crippen LogP contribution in [0.15, 0.2) is 54.6 Å². The molecule has 2 amide bonds. The number of carboxylic acids is 1. The van der Waals surface area contributed by atoms with Crippen molar-refractivity contribution in [3.8, 4) is 17.2 Å². The first kappa shape index (κ1) is 34.6. The molecule has 0 spiro atoms. The van der Waals surface area contributed by atoms with Crippen LogP contribution in [0.4, 0.5) is 11.4 Å². The molecule has 46 heavy (non-hydrogen) atoms. The zero-order chi connectivity index (χ0) is 33.6. The van der Waals surface area contributed by atoms with Gasteiger partial charge in [-0.1, -0.05) is 43.6 Å². The van der Waals surface area contributed by atoms with Gasteiger partial charge in [-0.2, -0.15) is 0 Å². The molecule has 1 aliphatic heterocycles. The number of para-hydroxylation sites is 1. The molecule has 0 bridgehead atoms. The standard InChI is InChI=1S/C34H39ClN2O9/c1-34(2,19-38)18-37-25-12-11-21(35)16-23(25)31(22-7-6-8-27(44-4)32(22)45-5)46-28(33(37)42)17-29(39)36-24-15-20(10-14-30(40)41)9-13-26(24)43-3/h6-9,11-13,15-16,28,31,38H,10,14,17-19H2,1-5H3,(H,36,39)(H,40,41)/t28-,31-/m1/s1. The summed E-state index contributed by atoms with van der Waals surface area (Å²) in [7, 11) is 4.47. The van der Waals surface area contributed by atoms with Crippen molar-refractivity contribution in [2.24, 2.45) is 5.41 Å². The number of carbonyl (C=O) groups is 3. The van der Waals surface area contributed by atoms with Crippen molar-refractivity contribution in [2.45, 2.75) is 45.3 Å². The van der Waals surface area contributed by atoms with Crippen molar-refractivity contribution in [3.05, 3.63) is 76.3 Å². The Bertz CT molecular complexity index is 1590. The van der Waals surface area contributed by atoms with E-state index in [0.717, 1.165) is 0 Å². The van der Waals surface area contributed by atoms with Crippen LogP contribution in [0.1, 0.15) is 49.5 Å². The van der Waals surface area contributed by atoms with E-state index in [4.69, 9.17) is 35.7 Å². The molecule has 12 heteroatoms. The maximum Gasteiger partial charge on any atom is 0.303 e. The van der Waals surface area contributed by atoms with E-state index in [2.05, 4.69) is 5.32 Å². The average molecular weight is 655 g/mol. The number of fused-ring (bicyclic) bond motifs is 1. The maximum absolute atomic E-state index is 14.3. The second-order valence-electron chi connectivity index (χ2n) is 11.7. The van der Waals surface area contributed by atoms with Crippen molar-refractivity contribution in [2.75, 3.05) is 44.7 Å². The third kappa shape index (κ3) is 7.90. The number of ether oxygens (including phenoxy) is 4. The molecule has 3 N–H and O–H groups in total. The Morgan fingerprint density at radius 3 is 2.39 bits per heavy atom. The van der Waals surface area contributed by atoms with Gasteiger partial charge in [-0.05, 0) is 48.4 Å². The molecular weight excluding hydrogens is 616 g/mol. The van der Waals surface area contributed by atoms with Crippen LogP contribution in [-0.2, 0) is 25.5 Å². The number of halogens is 1. The van der Waals surface area contributed by atoms with Crippen molar-refractivity contribution in [1.82, 2.24) is 0 Å². The van der Waals surface area contributed by atoms with Gasteiger partial charge in [0.1, 0.15) is 18.0 Å². The maximum atomic E-state index is 14.3. The summed E-state index contributed by atoms with van der Waals surface area (Å²) in [6.07, 6.45) is -2.38. The minimum Gasteiger partial charge on any atom is -0.495 e. The molecule has 3 aromatic carbocycles. The van der Waals surface area contributed by atoms with Gasteiger partial charge in [-0.3, -0.25) is 14.4 Å². The molecule has 0 unspecified atom stereocenters. The number of nitrogens with zero attached hydrogens (tertiary/aromatic N) is 1. The quantitative estimate of drug-likeness (QED) is 0.225. The molecule has 0 saturated carbocycles. The lowest BCUT2D eigenvalue weighted by Crippen LogP contribution is -2.46. The molecule has 0 radical (unpaired) electrons. The number of anilines is 2. The van der Waals surface area contributed by atoms with Crippen LogP contribution in [0, 0.1) is 5.41 Å². The highest BCUT2D eigenvalue weighted by molar-refractivity contribution is 6.30. The highest BCUT2D eigenvalue weighted by Crippen LogP contribution is 2.45. The van der Waals surface area contributed by atoms with Gasteiger partial charge in [-0.15, -0.1) is 0 Å². The first-order valence-electron chi connectivity index (χ1n) is 14.7. The molecule has 1 heterocycles. The largest absolute Gasteiger partial charge is 0.495 e. The number of hydrogen-bond acceptors (Lipinski definition) is 8. The van der Waals surface area contributed by atoms with Crippen molar-refractivity contribution < 1.29 is 43.5 Å². The lowest BCUT2D eigenvalue weighted by molar-refractivity contribution is -0.137. The van der Waals surface area contributed by atoms with Crippen molar-refractivity contribution >= 4 is 40.8 Å². The number of benzene rings is 3. The highest BCUT2D eigenvalue weighted by Gasteiger charge is 2.40. The summed E-state index contributed by atoms with van der Waals surface area (Å²) < 4.78 is 23.2. The Kier molecular flexibility index (Phi) is 11.2. The van der Waals surface area contributed by atoms with E-state index in [1.54, 1.807) is 54.6 Å². The number of carbonyl (C=O) groups excluding carboxylic acids is 2. The molecule has 0 aliphatic carbocycles. The van der Waals surface area contributed by atoms with Gasteiger partial charge < -0.3 is 39.4 Å². The topological polar surface area (TPSA) is 144 Å². The molecule has 0 saturated heterocycles. The van der Waals surface area contributed by atoms with E-state index in [-0.39, 0.29) is 32.4 Å². The molecular formula is C34H39ClN2O9. The van der Waals surface area contributed by atoms with Crippen LogP contribution in [0.25, 0.3) is 0 Å². The molecule has 246 valence electrons. The van der Waals surface area contributed by atoms with Gasteiger partial charge in [0.05, 0.1) is 33.4 Å². The smallest absolute Gasteiger partial charge is 0.303 e. The minimum atomic E-state index is -1.28. The molecule has 2 atom stereocenters. The molecule has 3 aromatic rings. The van der Waals surface area contributed by atoms with E-state index in [9.17, 15) is 19.5 Å². The Morgan fingerprint density at radius 1 is 1.00 bits per heavy atom. The zero-order valence-electron chi connectivity index (χ0n) is 26.5. The number of aliphatic hydroxyl groups excluding tert-OH is 1. The van der Waals surface area contributed by atoms with Gasteiger partial charge in [0.2, 0.25) is 5.91 Å². The van der Waals surface area contributed by atoms with Crippen LogP contribution >= 0.6 is 11.6 Å². The summed E-state index contributed by atoms with van der Waals surface area (Å²) >= 11 is 6.49.